The Morgan fingerprint density at radius 3 is 3.00 bits per heavy atom. The summed E-state index contributed by atoms with van der Waals surface area (Å²) in [7, 11) is 0. The summed E-state index contributed by atoms with van der Waals surface area (Å²) in [6.45, 7) is 8.93. The van der Waals surface area contributed by atoms with Crippen LogP contribution in [0, 0.1) is 6.92 Å². The molecule has 2 nitrogen and oxygen atoms in total. The molecule has 0 saturated heterocycles. The summed E-state index contributed by atoms with van der Waals surface area (Å²) in [5.41, 5.74) is 4.07. The van der Waals surface area contributed by atoms with Gasteiger partial charge in [-0.05, 0) is 31.9 Å². The van der Waals surface area contributed by atoms with Gasteiger partial charge in [0, 0.05) is 19.1 Å². The molecular weight excluding hydrogens is 184 g/mol. The Balaban J connectivity index is 2.40. The van der Waals surface area contributed by atoms with Crippen LogP contribution >= 0.6 is 0 Å². The fourth-order valence-corrected chi connectivity index (χ4v) is 2.27. The van der Waals surface area contributed by atoms with Crippen molar-refractivity contribution < 1.29 is 0 Å². The fourth-order valence-electron chi connectivity index (χ4n) is 2.27. The van der Waals surface area contributed by atoms with Crippen LogP contribution in [-0.4, -0.2) is 19.1 Å². The van der Waals surface area contributed by atoms with E-state index < -0.39 is 0 Å². The highest BCUT2D eigenvalue weighted by atomic mass is 15.2. The van der Waals surface area contributed by atoms with Crippen molar-refractivity contribution in [3.05, 3.63) is 23.8 Å². The molecule has 1 N–H and O–H groups in total. The van der Waals surface area contributed by atoms with Gasteiger partial charge < -0.3 is 10.2 Å². The van der Waals surface area contributed by atoms with Crippen molar-refractivity contribution in [2.75, 3.05) is 23.3 Å². The molecule has 1 aromatic rings. The first-order valence-corrected chi connectivity index (χ1v) is 5.84. The number of anilines is 2. The van der Waals surface area contributed by atoms with E-state index >= 15 is 0 Å². The monoisotopic (exact) mass is 204 g/mol. The van der Waals surface area contributed by atoms with Gasteiger partial charge in [0.2, 0.25) is 0 Å². The van der Waals surface area contributed by atoms with Crippen molar-refractivity contribution in [3.8, 4) is 0 Å². The molecule has 1 atom stereocenters. The Labute approximate surface area is 92.3 Å². The van der Waals surface area contributed by atoms with Gasteiger partial charge in [0.25, 0.3) is 0 Å². The Hall–Kier alpha value is -1.18. The number of fused-ring (bicyclic) bond motifs is 1. The molecule has 0 fully saturated rings. The summed E-state index contributed by atoms with van der Waals surface area (Å²) in [5.74, 6) is 0. The maximum atomic E-state index is 3.47. The van der Waals surface area contributed by atoms with Crippen LogP contribution in [0.25, 0.3) is 0 Å². The van der Waals surface area contributed by atoms with Gasteiger partial charge in [-0.3, -0.25) is 0 Å². The zero-order valence-electron chi connectivity index (χ0n) is 9.88. The molecule has 1 aliphatic heterocycles. The van der Waals surface area contributed by atoms with E-state index in [4.69, 9.17) is 0 Å². The van der Waals surface area contributed by atoms with E-state index in [2.05, 4.69) is 49.2 Å². The van der Waals surface area contributed by atoms with Gasteiger partial charge in [-0.25, -0.2) is 0 Å². The maximum absolute atomic E-state index is 3.47. The molecule has 0 radical (unpaired) electrons. The predicted octanol–water partition coefficient (Wildman–Crippen LogP) is 3.03. The zero-order chi connectivity index (χ0) is 10.8. The number of rotatable bonds is 2. The second-order valence-corrected chi connectivity index (χ2v) is 4.35. The first-order valence-electron chi connectivity index (χ1n) is 5.84. The van der Waals surface area contributed by atoms with Crippen LogP contribution in [0.5, 0.6) is 0 Å². The summed E-state index contributed by atoms with van der Waals surface area (Å²) in [5, 5.41) is 3.47. The molecule has 82 valence electrons. The molecular formula is C13H20N2. The molecule has 0 spiro atoms. The Bertz CT molecular complexity index is 346. The normalized spacial score (nSPS) is 16.9. The van der Waals surface area contributed by atoms with Crippen LogP contribution in [-0.2, 0) is 0 Å². The molecule has 2 heteroatoms. The minimum absolute atomic E-state index is 0.631. The highest BCUT2D eigenvalue weighted by molar-refractivity contribution is 5.75. The third-order valence-electron chi connectivity index (χ3n) is 3.32. The van der Waals surface area contributed by atoms with Crippen LogP contribution in [0.15, 0.2) is 18.2 Å². The average Bonchev–Trinajstić information content (AvgIpc) is 2.28. The van der Waals surface area contributed by atoms with E-state index in [1.165, 1.54) is 23.4 Å². The van der Waals surface area contributed by atoms with Gasteiger partial charge in [-0.15, -0.1) is 0 Å². The van der Waals surface area contributed by atoms with Crippen LogP contribution in [0.1, 0.15) is 25.8 Å². The van der Waals surface area contributed by atoms with E-state index in [9.17, 15) is 0 Å². The molecule has 0 aliphatic carbocycles. The molecule has 1 aromatic carbocycles. The lowest BCUT2D eigenvalue weighted by atomic mass is 10.1. The molecule has 1 heterocycles. The molecule has 0 aromatic heterocycles. The largest absolute Gasteiger partial charge is 0.382 e. The number of aryl methyl sites for hydroxylation is 1. The lowest BCUT2D eigenvalue weighted by molar-refractivity contribution is 0.614. The first kappa shape index (κ1) is 10.3. The van der Waals surface area contributed by atoms with Gasteiger partial charge in [0.05, 0.1) is 11.4 Å². The van der Waals surface area contributed by atoms with Gasteiger partial charge >= 0.3 is 0 Å². The molecule has 0 bridgehead atoms. The minimum atomic E-state index is 0.631. The molecule has 0 saturated carbocycles. The van der Waals surface area contributed by atoms with Crippen LogP contribution in [0.2, 0.25) is 0 Å². The Morgan fingerprint density at radius 2 is 2.27 bits per heavy atom. The number of hydrogen-bond donors (Lipinski definition) is 1. The van der Waals surface area contributed by atoms with E-state index in [1.54, 1.807) is 0 Å². The highest BCUT2D eigenvalue weighted by Gasteiger charge is 2.21. The number of nitrogens with one attached hydrogen (secondary N) is 1. The lowest BCUT2D eigenvalue weighted by Crippen LogP contribution is -2.40. The molecule has 0 amide bonds. The van der Waals surface area contributed by atoms with Crippen LogP contribution in [0.3, 0.4) is 0 Å². The second-order valence-electron chi connectivity index (χ2n) is 4.35. The predicted molar refractivity (Wildman–Crippen MR) is 66.8 cm³/mol. The van der Waals surface area contributed by atoms with Crippen molar-refractivity contribution in [1.82, 2.24) is 0 Å². The van der Waals surface area contributed by atoms with Crippen LogP contribution < -0.4 is 10.2 Å². The number of nitrogens with zero attached hydrogens (tertiary/aromatic N) is 1. The smallest absolute Gasteiger partial charge is 0.0634 e. The number of benzene rings is 1. The van der Waals surface area contributed by atoms with E-state index in [0.29, 0.717) is 6.04 Å². The topological polar surface area (TPSA) is 15.3 Å². The summed E-state index contributed by atoms with van der Waals surface area (Å²) in [6.07, 6.45) is 1.20. The van der Waals surface area contributed by atoms with Gasteiger partial charge in [-0.1, -0.05) is 19.1 Å². The number of hydrogen-bond acceptors (Lipinski definition) is 2. The summed E-state index contributed by atoms with van der Waals surface area (Å²) < 4.78 is 0. The summed E-state index contributed by atoms with van der Waals surface area (Å²) in [6, 6.07) is 7.13. The van der Waals surface area contributed by atoms with E-state index in [1.807, 2.05) is 0 Å². The average molecular weight is 204 g/mol. The molecule has 1 aliphatic rings. The minimum Gasteiger partial charge on any atom is -0.382 e. The lowest BCUT2D eigenvalue weighted by Gasteiger charge is -2.37. The summed E-state index contributed by atoms with van der Waals surface area (Å²) in [4.78, 5) is 2.53. The summed E-state index contributed by atoms with van der Waals surface area (Å²) >= 11 is 0. The van der Waals surface area contributed by atoms with Gasteiger partial charge in [-0.2, -0.15) is 0 Å². The first-order chi connectivity index (χ1) is 7.24. The van der Waals surface area contributed by atoms with E-state index in [0.717, 1.165) is 13.1 Å². The van der Waals surface area contributed by atoms with Gasteiger partial charge in [0.15, 0.2) is 0 Å². The van der Waals surface area contributed by atoms with E-state index in [-0.39, 0.29) is 0 Å². The second kappa shape index (κ2) is 4.13. The van der Waals surface area contributed by atoms with Gasteiger partial charge in [0.1, 0.15) is 0 Å². The third kappa shape index (κ3) is 1.81. The van der Waals surface area contributed by atoms with Crippen molar-refractivity contribution in [2.45, 2.75) is 33.2 Å². The molecule has 1 unspecified atom stereocenters. The quantitative estimate of drug-likeness (QED) is 0.796. The fraction of sp³-hybridized carbons (Fsp3) is 0.538. The maximum Gasteiger partial charge on any atom is 0.0634 e. The van der Waals surface area contributed by atoms with Crippen molar-refractivity contribution in [3.63, 3.8) is 0 Å². The number of para-hydroxylation sites is 1. The Kier molecular flexibility index (Phi) is 2.85. The SMILES string of the molecule is CCC(C)N1CCNc2cccc(C)c21. The Morgan fingerprint density at radius 1 is 1.47 bits per heavy atom. The third-order valence-corrected chi connectivity index (χ3v) is 3.32. The van der Waals surface area contributed by atoms with Crippen molar-refractivity contribution >= 4 is 11.4 Å². The van der Waals surface area contributed by atoms with Crippen LogP contribution in [0.4, 0.5) is 11.4 Å². The molecule has 2 rings (SSSR count). The standard InChI is InChI=1S/C13H20N2/c1-4-11(3)15-9-8-14-12-7-5-6-10(2)13(12)15/h5-7,11,14H,4,8-9H2,1-3H3. The highest BCUT2D eigenvalue weighted by Crippen LogP contribution is 2.33. The molecule has 15 heavy (non-hydrogen) atoms. The van der Waals surface area contributed by atoms with Crippen molar-refractivity contribution in [2.24, 2.45) is 0 Å². The van der Waals surface area contributed by atoms with Crippen molar-refractivity contribution in [1.29, 1.82) is 0 Å². The zero-order valence-corrected chi connectivity index (χ0v) is 9.88.